The second-order valence-electron chi connectivity index (χ2n) is 9.54. The molecule has 1 aromatic heterocycles. The summed E-state index contributed by atoms with van der Waals surface area (Å²) >= 11 is 5.99. The number of carbonyl (C=O) groups excluding carboxylic acids is 1. The van der Waals surface area contributed by atoms with Crippen molar-refractivity contribution < 1.29 is 14.1 Å². The van der Waals surface area contributed by atoms with Crippen LogP contribution in [0.4, 0.5) is 5.69 Å². The number of carbonyl (C=O) groups is 1. The summed E-state index contributed by atoms with van der Waals surface area (Å²) in [7, 11) is 0. The smallest absolute Gasteiger partial charge is 0.333 e. The van der Waals surface area contributed by atoms with Crippen LogP contribution in [0.1, 0.15) is 37.2 Å². The second kappa shape index (κ2) is 12.2. The maximum atomic E-state index is 13.6. The average molecular weight is 531 g/mol. The SMILES string of the molecule is CCC1CCN(Cc2noc(-c3ccc(Cl)cc3)n2)C[C@@H]1OC(=O)[C@H](Nc1ccccc1)c1ccccc1. The summed E-state index contributed by atoms with van der Waals surface area (Å²) in [6, 6.07) is 26.1. The van der Waals surface area contributed by atoms with E-state index in [2.05, 4.69) is 27.3 Å². The number of aromatic nitrogens is 2. The highest BCUT2D eigenvalue weighted by Crippen LogP contribution is 2.28. The molecule has 1 aliphatic rings. The Labute approximate surface area is 227 Å². The Hall–Kier alpha value is -3.68. The molecule has 0 aliphatic carbocycles. The highest BCUT2D eigenvalue weighted by atomic mass is 35.5. The first-order valence-corrected chi connectivity index (χ1v) is 13.3. The quantitative estimate of drug-likeness (QED) is 0.251. The number of likely N-dealkylation sites (tertiary alicyclic amines) is 1. The fourth-order valence-corrected chi connectivity index (χ4v) is 4.97. The van der Waals surface area contributed by atoms with E-state index in [1.54, 1.807) is 12.1 Å². The van der Waals surface area contributed by atoms with Crippen molar-refractivity contribution in [3.8, 4) is 11.5 Å². The maximum Gasteiger partial charge on any atom is 0.333 e. The van der Waals surface area contributed by atoms with Gasteiger partial charge in [-0.15, -0.1) is 0 Å². The summed E-state index contributed by atoms with van der Waals surface area (Å²) in [5, 5.41) is 8.19. The van der Waals surface area contributed by atoms with Crippen molar-refractivity contribution in [1.82, 2.24) is 15.0 Å². The van der Waals surface area contributed by atoms with Gasteiger partial charge >= 0.3 is 5.97 Å². The first-order valence-electron chi connectivity index (χ1n) is 13.0. The van der Waals surface area contributed by atoms with Gasteiger partial charge in [-0.1, -0.05) is 72.2 Å². The summed E-state index contributed by atoms with van der Waals surface area (Å²) in [6.07, 6.45) is 1.64. The third-order valence-corrected chi connectivity index (χ3v) is 7.20. The van der Waals surface area contributed by atoms with E-state index in [1.165, 1.54) is 0 Å². The normalized spacial score (nSPS) is 18.6. The second-order valence-corrected chi connectivity index (χ2v) is 9.98. The zero-order chi connectivity index (χ0) is 26.3. The van der Waals surface area contributed by atoms with Crippen LogP contribution in [0.3, 0.4) is 0 Å². The van der Waals surface area contributed by atoms with Gasteiger partial charge in [0.05, 0.1) is 6.54 Å². The highest BCUT2D eigenvalue weighted by molar-refractivity contribution is 6.30. The largest absolute Gasteiger partial charge is 0.459 e. The van der Waals surface area contributed by atoms with E-state index < -0.39 is 6.04 Å². The molecule has 0 saturated carbocycles. The molecule has 8 heteroatoms. The molecule has 196 valence electrons. The number of anilines is 1. The van der Waals surface area contributed by atoms with Crippen molar-refractivity contribution in [2.75, 3.05) is 18.4 Å². The van der Waals surface area contributed by atoms with E-state index in [9.17, 15) is 4.79 Å². The number of ether oxygens (including phenoxy) is 1. The molecule has 3 aromatic carbocycles. The number of hydrogen-bond acceptors (Lipinski definition) is 7. The van der Waals surface area contributed by atoms with Crippen LogP contribution in [0.25, 0.3) is 11.5 Å². The first-order chi connectivity index (χ1) is 18.6. The Kier molecular flexibility index (Phi) is 8.36. The summed E-state index contributed by atoms with van der Waals surface area (Å²) in [5.74, 6) is 1.07. The number of para-hydroxylation sites is 1. The lowest BCUT2D eigenvalue weighted by atomic mass is 9.91. The lowest BCUT2D eigenvalue weighted by Crippen LogP contribution is -2.46. The number of nitrogens with zero attached hydrogens (tertiary/aromatic N) is 3. The topological polar surface area (TPSA) is 80.5 Å². The molecule has 1 saturated heterocycles. The van der Waals surface area contributed by atoms with Gasteiger partial charge in [-0.05, 0) is 67.3 Å². The van der Waals surface area contributed by atoms with Crippen molar-refractivity contribution in [2.45, 2.75) is 38.5 Å². The molecular weight excluding hydrogens is 500 g/mol. The fraction of sp³-hybridized carbons (Fsp3) is 0.300. The molecule has 4 aromatic rings. The van der Waals surface area contributed by atoms with Crippen LogP contribution in [0, 0.1) is 5.92 Å². The Bertz CT molecular complexity index is 1310. The summed E-state index contributed by atoms with van der Waals surface area (Å²) in [6.45, 7) is 4.16. The molecule has 1 fully saturated rings. The van der Waals surface area contributed by atoms with Gasteiger partial charge in [0.25, 0.3) is 5.89 Å². The van der Waals surface area contributed by atoms with Crippen LogP contribution in [0.2, 0.25) is 5.02 Å². The van der Waals surface area contributed by atoms with Gasteiger partial charge in [0.15, 0.2) is 11.9 Å². The van der Waals surface area contributed by atoms with Gasteiger partial charge in [0.2, 0.25) is 0 Å². The van der Waals surface area contributed by atoms with Gasteiger partial charge in [-0.3, -0.25) is 4.90 Å². The minimum absolute atomic E-state index is 0.229. The number of nitrogens with one attached hydrogen (secondary N) is 1. The van der Waals surface area contributed by atoms with Crippen LogP contribution >= 0.6 is 11.6 Å². The minimum Gasteiger partial charge on any atom is -0.459 e. The Balaban J connectivity index is 1.27. The van der Waals surface area contributed by atoms with Gasteiger partial charge in [0.1, 0.15) is 6.10 Å². The Morgan fingerprint density at radius 2 is 1.79 bits per heavy atom. The molecule has 7 nitrogen and oxygen atoms in total. The van der Waals surface area contributed by atoms with E-state index >= 15 is 0 Å². The van der Waals surface area contributed by atoms with Crippen molar-refractivity contribution >= 4 is 23.3 Å². The van der Waals surface area contributed by atoms with Crippen LogP contribution in [0.5, 0.6) is 0 Å². The molecule has 38 heavy (non-hydrogen) atoms. The molecule has 0 amide bonds. The third kappa shape index (κ3) is 6.41. The zero-order valence-electron chi connectivity index (χ0n) is 21.3. The van der Waals surface area contributed by atoms with Gasteiger partial charge < -0.3 is 14.6 Å². The molecule has 3 atom stereocenters. The lowest BCUT2D eigenvalue weighted by Gasteiger charge is -2.37. The molecular formula is C30H31ClN4O3. The maximum absolute atomic E-state index is 13.6. The molecule has 0 radical (unpaired) electrons. The first kappa shape index (κ1) is 25.9. The van der Waals surface area contributed by atoms with Crippen molar-refractivity contribution in [1.29, 1.82) is 0 Å². The number of benzene rings is 3. The van der Waals surface area contributed by atoms with Gasteiger partial charge in [-0.25, -0.2) is 4.79 Å². The van der Waals surface area contributed by atoms with E-state index in [0.29, 0.717) is 35.7 Å². The number of esters is 1. The molecule has 0 spiro atoms. The van der Waals surface area contributed by atoms with E-state index in [4.69, 9.17) is 20.9 Å². The number of rotatable bonds is 9. The molecule has 2 heterocycles. The predicted octanol–water partition coefficient (Wildman–Crippen LogP) is 6.39. The molecule has 1 unspecified atom stereocenters. The molecule has 5 rings (SSSR count). The Morgan fingerprint density at radius 3 is 2.50 bits per heavy atom. The van der Waals surface area contributed by atoms with Crippen LogP contribution in [-0.2, 0) is 16.1 Å². The summed E-state index contributed by atoms with van der Waals surface area (Å²) in [5.41, 5.74) is 2.55. The standard InChI is InChI=1S/C30H31ClN4O3/c1-2-21-17-18-35(20-27-33-29(38-34-27)23-13-15-24(31)16-14-23)19-26(21)37-30(36)28(22-9-5-3-6-10-22)32-25-11-7-4-8-12-25/h3-16,21,26,28,32H,2,17-20H2,1H3/t21?,26-,28+/m0/s1. The number of piperidine rings is 1. The van der Waals surface area contributed by atoms with Crippen molar-refractivity contribution in [3.63, 3.8) is 0 Å². The molecule has 0 bridgehead atoms. The zero-order valence-corrected chi connectivity index (χ0v) is 22.1. The van der Waals surface area contributed by atoms with E-state index in [1.807, 2.05) is 72.8 Å². The monoisotopic (exact) mass is 530 g/mol. The van der Waals surface area contributed by atoms with Gasteiger partial charge in [0, 0.05) is 22.8 Å². The minimum atomic E-state index is -0.606. The Morgan fingerprint density at radius 1 is 1.08 bits per heavy atom. The van der Waals surface area contributed by atoms with Crippen molar-refractivity contribution in [2.24, 2.45) is 5.92 Å². The predicted molar refractivity (Wildman–Crippen MR) is 148 cm³/mol. The van der Waals surface area contributed by atoms with E-state index in [-0.39, 0.29) is 12.1 Å². The van der Waals surface area contributed by atoms with Crippen LogP contribution in [-0.4, -0.2) is 40.2 Å². The highest BCUT2D eigenvalue weighted by Gasteiger charge is 2.34. The summed E-state index contributed by atoms with van der Waals surface area (Å²) in [4.78, 5) is 20.4. The summed E-state index contributed by atoms with van der Waals surface area (Å²) < 4.78 is 11.7. The number of hydrogen-bond donors (Lipinski definition) is 1. The lowest BCUT2D eigenvalue weighted by molar-refractivity contribution is -0.156. The fourth-order valence-electron chi connectivity index (χ4n) is 4.84. The third-order valence-electron chi connectivity index (χ3n) is 6.95. The van der Waals surface area contributed by atoms with Crippen molar-refractivity contribution in [3.05, 3.63) is 101 Å². The van der Waals surface area contributed by atoms with Crippen LogP contribution < -0.4 is 5.32 Å². The average Bonchev–Trinajstić information content (AvgIpc) is 3.41. The van der Waals surface area contributed by atoms with Gasteiger partial charge in [-0.2, -0.15) is 4.98 Å². The molecule has 1 aliphatic heterocycles. The molecule has 1 N–H and O–H groups in total. The van der Waals surface area contributed by atoms with Crippen LogP contribution in [0.15, 0.2) is 89.5 Å². The number of halogens is 1. The van der Waals surface area contributed by atoms with E-state index in [0.717, 1.165) is 36.2 Å².